The zero-order chi connectivity index (χ0) is 12.1. The molecule has 4 nitrogen and oxygen atoms in total. The summed E-state index contributed by atoms with van der Waals surface area (Å²) in [5, 5.41) is 8.89. The normalized spacial score (nSPS) is 11.9. The first kappa shape index (κ1) is 12.4. The van der Waals surface area contributed by atoms with Crippen molar-refractivity contribution in [3.63, 3.8) is 0 Å². The molecule has 0 aliphatic heterocycles. The van der Waals surface area contributed by atoms with E-state index in [0.717, 1.165) is 5.56 Å². The SMILES string of the molecule is COc1cccc(OC)c1CC(C)C(=O)O. The summed E-state index contributed by atoms with van der Waals surface area (Å²) in [4.78, 5) is 10.8. The summed E-state index contributed by atoms with van der Waals surface area (Å²) in [5.41, 5.74) is 0.794. The van der Waals surface area contributed by atoms with E-state index in [0.29, 0.717) is 17.9 Å². The summed E-state index contributed by atoms with van der Waals surface area (Å²) >= 11 is 0. The Labute approximate surface area is 94.8 Å². The van der Waals surface area contributed by atoms with Crippen molar-refractivity contribution < 1.29 is 19.4 Å². The van der Waals surface area contributed by atoms with E-state index in [9.17, 15) is 4.79 Å². The van der Waals surface area contributed by atoms with E-state index in [2.05, 4.69) is 0 Å². The molecule has 0 aromatic heterocycles. The minimum atomic E-state index is -0.826. The van der Waals surface area contributed by atoms with Crippen LogP contribution in [-0.4, -0.2) is 25.3 Å². The van der Waals surface area contributed by atoms with Crippen LogP contribution < -0.4 is 9.47 Å². The fourth-order valence-electron chi connectivity index (χ4n) is 1.52. The zero-order valence-electron chi connectivity index (χ0n) is 9.69. The number of aliphatic carboxylic acids is 1. The van der Waals surface area contributed by atoms with Crippen LogP contribution >= 0.6 is 0 Å². The fraction of sp³-hybridized carbons (Fsp3) is 0.417. The lowest BCUT2D eigenvalue weighted by Crippen LogP contribution is -2.13. The number of hydrogen-bond acceptors (Lipinski definition) is 3. The molecule has 16 heavy (non-hydrogen) atoms. The van der Waals surface area contributed by atoms with Crippen molar-refractivity contribution in [3.8, 4) is 11.5 Å². The molecule has 0 spiro atoms. The molecule has 0 amide bonds. The van der Waals surface area contributed by atoms with Crippen LogP contribution in [0.15, 0.2) is 18.2 Å². The smallest absolute Gasteiger partial charge is 0.306 e. The highest BCUT2D eigenvalue weighted by Gasteiger charge is 2.17. The third kappa shape index (κ3) is 2.66. The van der Waals surface area contributed by atoms with Crippen LogP contribution in [0, 0.1) is 5.92 Å². The summed E-state index contributed by atoms with van der Waals surface area (Å²) in [7, 11) is 3.12. The van der Waals surface area contributed by atoms with Crippen LogP contribution in [0.4, 0.5) is 0 Å². The standard InChI is InChI=1S/C12H16O4/c1-8(12(13)14)7-9-10(15-2)5-4-6-11(9)16-3/h4-6,8H,7H2,1-3H3,(H,13,14). The zero-order valence-corrected chi connectivity index (χ0v) is 9.69. The lowest BCUT2D eigenvalue weighted by molar-refractivity contribution is -0.141. The van der Waals surface area contributed by atoms with Crippen LogP contribution in [0.1, 0.15) is 12.5 Å². The Balaban J connectivity index is 3.04. The van der Waals surface area contributed by atoms with Crippen LogP contribution in [-0.2, 0) is 11.2 Å². The molecule has 0 fully saturated rings. The van der Waals surface area contributed by atoms with Crippen molar-refractivity contribution in [1.29, 1.82) is 0 Å². The lowest BCUT2D eigenvalue weighted by atomic mass is 9.99. The molecule has 1 aromatic carbocycles. The molecule has 0 aliphatic carbocycles. The second kappa shape index (κ2) is 5.39. The first-order chi connectivity index (χ1) is 7.60. The van der Waals surface area contributed by atoms with E-state index >= 15 is 0 Å². The van der Waals surface area contributed by atoms with E-state index in [4.69, 9.17) is 14.6 Å². The summed E-state index contributed by atoms with van der Waals surface area (Å²) in [6, 6.07) is 5.41. The Morgan fingerprint density at radius 2 is 1.81 bits per heavy atom. The Hall–Kier alpha value is -1.71. The number of carbonyl (C=O) groups is 1. The van der Waals surface area contributed by atoms with Gasteiger partial charge in [-0.2, -0.15) is 0 Å². The summed E-state index contributed by atoms with van der Waals surface area (Å²) < 4.78 is 10.4. The number of benzene rings is 1. The van der Waals surface area contributed by atoms with Gasteiger partial charge in [0.2, 0.25) is 0 Å². The Kier molecular flexibility index (Phi) is 4.17. The van der Waals surface area contributed by atoms with Gasteiger partial charge < -0.3 is 14.6 Å². The van der Waals surface area contributed by atoms with E-state index < -0.39 is 11.9 Å². The summed E-state index contributed by atoms with van der Waals surface area (Å²) in [6.07, 6.45) is 0.391. The van der Waals surface area contributed by atoms with Gasteiger partial charge in [-0.15, -0.1) is 0 Å². The number of hydrogen-bond donors (Lipinski definition) is 1. The quantitative estimate of drug-likeness (QED) is 0.830. The van der Waals surface area contributed by atoms with Gasteiger partial charge in [0, 0.05) is 5.56 Å². The average molecular weight is 224 g/mol. The van der Waals surface area contributed by atoms with Gasteiger partial charge in [-0.3, -0.25) is 4.79 Å². The molecular formula is C12H16O4. The Morgan fingerprint density at radius 1 is 1.31 bits per heavy atom. The predicted octanol–water partition coefficient (Wildman–Crippen LogP) is 1.97. The molecule has 0 saturated heterocycles. The van der Waals surface area contributed by atoms with Gasteiger partial charge in [0.05, 0.1) is 20.1 Å². The summed E-state index contributed by atoms with van der Waals surface area (Å²) in [5.74, 6) is 0.0260. The molecule has 0 radical (unpaired) electrons. The molecule has 88 valence electrons. The molecule has 1 unspecified atom stereocenters. The number of carboxylic acid groups (broad SMARTS) is 1. The monoisotopic (exact) mass is 224 g/mol. The van der Waals surface area contributed by atoms with Crippen molar-refractivity contribution in [3.05, 3.63) is 23.8 Å². The van der Waals surface area contributed by atoms with E-state index in [1.165, 1.54) is 0 Å². The van der Waals surface area contributed by atoms with Crippen LogP contribution in [0.2, 0.25) is 0 Å². The topological polar surface area (TPSA) is 55.8 Å². The van der Waals surface area contributed by atoms with Gasteiger partial charge >= 0.3 is 5.97 Å². The highest BCUT2D eigenvalue weighted by Crippen LogP contribution is 2.30. The highest BCUT2D eigenvalue weighted by molar-refractivity contribution is 5.70. The number of ether oxygens (including phenoxy) is 2. The van der Waals surface area contributed by atoms with Crippen LogP contribution in [0.5, 0.6) is 11.5 Å². The van der Waals surface area contributed by atoms with Crippen molar-refractivity contribution >= 4 is 5.97 Å². The van der Waals surface area contributed by atoms with Gasteiger partial charge in [0.1, 0.15) is 11.5 Å². The molecule has 0 saturated carbocycles. The van der Waals surface area contributed by atoms with Crippen LogP contribution in [0.3, 0.4) is 0 Å². The van der Waals surface area contributed by atoms with Gasteiger partial charge in [-0.05, 0) is 18.6 Å². The number of carboxylic acids is 1. The molecule has 1 atom stereocenters. The first-order valence-electron chi connectivity index (χ1n) is 5.02. The van der Waals surface area contributed by atoms with Crippen LogP contribution in [0.25, 0.3) is 0 Å². The molecular weight excluding hydrogens is 208 g/mol. The molecule has 1 rings (SSSR count). The van der Waals surface area contributed by atoms with Crippen molar-refractivity contribution in [2.45, 2.75) is 13.3 Å². The molecule has 1 N–H and O–H groups in total. The molecule has 0 heterocycles. The van der Waals surface area contributed by atoms with E-state index in [-0.39, 0.29) is 0 Å². The first-order valence-corrected chi connectivity index (χ1v) is 5.02. The Bertz CT molecular complexity index is 351. The second-order valence-electron chi connectivity index (χ2n) is 3.58. The van der Waals surface area contributed by atoms with E-state index in [1.807, 2.05) is 6.07 Å². The Morgan fingerprint density at radius 3 is 2.19 bits per heavy atom. The maximum atomic E-state index is 10.8. The second-order valence-corrected chi connectivity index (χ2v) is 3.58. The van der Waals surface area contributed by atoms with Gasteiger partial charge in [0.15, 0.2) is 0 Å². The van der Waals surface area contributed by atoms with Crippen molar-refractivity contribution in [2.75, 3.05) is 14.2 Å². The maximum absolute atomic E-state index is 10.8. The third-order valence-corrected chi connectivity index (χ3v) is 2.46. The van der Waals surface area contributed by atoms with E-state index in [1.54, 1.807) is 33.3 Å². The molecule has 0 aliphatic rings. The van der Waals surface area contributed by atoms with Gasteiger partial charge in [0.25, 0.3) is 0 Å². The molecule has 0 bridgehead atoms. The van der Waals surface area contributed by atoms with Crippen molar-refractivity contribution in [1.82, 2.24) is 0 Å². The van der Waals surface area contributed by atoms with Crippen molar-refractivity contribution in [2.24, 2.45) is 5.92 Å². The molecule has 1 aromatic rings. The average Bonchev–Trinajstić information content (AvgIpc) is 2.29. The fourth-order valence-corrected chi connectivity index (χ4v) is 1.52. The largest absolute Gasteiger partial charge is 0.496 e. The third-order valence-electron chi connectivity index (χ3n) is 2.46. The minimum Gasteiger partial charge on any atom is -0.496 e. The highest BCUT2D eigenvalue weighted by atomic mass is 16.5. The van der Waals surface area contributed by atoms with Gasteiger partial charge in [-0.25, -0.2) is 0 Å². The summed E-state index contributed by atoms with van der Waals surface area (Å²) in [6.45, 7) is 1.66. The minimum absolute atomic E-state index is 0.391. The predicted molar refractivity (Wildman–Crippen MR) is 60.0 cm³/mol. The maximum Gasteiger partial charge on any atom is 0.306 e. The molecule has 4 heteroatoms. The van der Waals surface area contributed by atoms with Gasteiger partial charge in [-0.1, -0.05) is 13.0 Å². The number of methoxy groups -OCH3 is 2. The number of rotatable bonds is 5. The lowest BCUT2D eigenvalue weighted by Gasteiger charge is -2.14.